The van der Waals surface area contributed by atoms with Gasteiger partial charge in [-0.3, -0.25) is 4.79 Å². The van der Waals surface area contributed by atoms with Crippen LogP contribution < -0.4 is 5.32 Å². The number of amides is 1. The number of rotatable bonds is 2. The lowest BCUT2D eigenvalue weighted by molar-refractivity contribution is -0.124. The van der Waals surface area contributed by atoms with Crippen molar-refractivity contribution in [3.63, 3.8) is 0 Å². The molecule has 1 aliphatic rings. The molecule has 1 amide bonds. The predicted octanol–water partition coefficient (Wildman–Crippen LogP) is 1.91. The molecule has 0 radical (unpaired) electrons. The molecule has 1 aromatic rings. The van der Waals surface area contributed by atoms with Crippen LogP contribution in [-0.4, -0.2) is 17.4 Å². The third-order valence-corrected chi connectivity index (χ3v) is 3.70. The molecule has 0 saturated carbocycles. The number of thiazole rings is 1. The maximum Gasteiger partial charge on any atom is 0.223 e. The van der Waals surface area contributed by atoms with Crippen LogP contribution in [0.2, 0.25) is 0 Å². The van der Waals surface area contributed by atoms with E-state index in [9.17, 15) is 4.79 Å². The van der Waals surface area contributed by atoms with E-state index in [1.165, 1.54) is 4.88 Å². The van der Waals surface area contributed by atoms with Gasteiger partial charge in [0.1, 0.15) is 0 Å². The summed E-state index contributed by atoms with van der Waals surface area (Å²) in [5, 5.41) is 4.05. The van der Waals surface area contributed by atoms with Crippen molar-refractivity contribution < 1.29 is 4.79 Å². The van der Waals surface area contributed by atoms with Crippen LogP contribution in [0.15, 0.2) is 6.20 Å². The van der Waals surface area contributed by atoms with Gasteiger partial charge in [-0.1, -0.05) is 6.42 Å². The van der Waals surface area contributed by atoms with Crippen molar-refractivity contribution in [2.24, 2.45) is 5.92 Å². The Hall–Kier alpha value is -0.900. The van der Waals surface area contributed by atoms with Crippen LogP contribution in [0, 0.1) is 12.8 Å². The predicted molar refractivity (Wildman–Crippen MR) is 60.9 cm³/mol. The van der Waals surface area contributed by atoms with Crippen molar-refractivity contribution in [3.8, 4) is 0 Å². The van der Waals surface area contributed by atoms with Crippen LogP contribution in [0.3, 0.4) is 0 Å². The number of nitrogens with one attached hydrogen (secondary N) is 1. The summed E-state index contributed by atoms with van der Waals surface area (Å²) in [6.45, 7) is 2.85. The van der Waals surface area contributed by atoms with E-state index in [4.69, 9.17) is 0 Å². The molecule has 0 bridgehead atoms. The standard InChI is InChI=1S/C11H16N2OS/c1-8-13-7-10(15-8)6-9-4-2-3-5-12-11(9)14/h7,9H,2-6H2,1H3,(H,12,14). The first kappa shape index (κ1) is 10.6. The average molecular weight is 224 g/mol. The summed E-state index contributed by atoms with van der Waals surface area (Å²) in [4.78, 5) is 17.1. The molecule has 4 heteroatoms. The zero-order valence-corrected chi connectivity index (χ0v) is 9.77. The molecule has 3 nitrogen and oxygen atoms in total. The van der Waals surface area contributed by atoms with Gasteiger partial charge in [-0.25, -0.2) is 4.98 Å². The molecular formula is C11H16N2OS. The highest BCUT2D eigenvalue weighted by Gasteiger charge is 2.21. The molecule has 1 N–H and O–H groups in total. The highest BCUT2D eigenvalue weighted by atomic mass is 32.1. The minimum Gasteiger partial charge on any atom is -0.356 e. The molecule has 1 atom stereocenters. The van der Waals surface area contributed by atoms with Gasteiger partial charge < -0.3 is 5.32 Å². The third kappa shape index (κ3) is 2.78. The lowest BCUT2D eigenvalue weighted by Gasteiger charge is -2.10. The Labute approximate surface area is 93.9 Å². The first-order valence-corrected chi connectivity index (χ1v) is 6.26. The van der Waals surface area contributed by atoms with Crippen LogP contribution in [0.5, 0.6) is 0 Å². The summed E-state index contributed by atoms with van der Waals surface area (Å²) in [6.07, 6.45) is 6.05. The van der Waals surface area contributed by atoms with Crippen LogP contribution in [0.1, 0.15) is 29.1 Å². The molecule has 82 valence electrons. The molecule has 0 aromatic carbocycles. The molecule has 15 heavy (non-hydrogen) atoms. The molecule has 1 fully saturated rings. The second kappa shape index (κ2) is 4.75. The Bertz CT molecular complexity index is 348. The van der Waals surface area contributed by atoms with E-state index in [0.29, 0.717) is 0 Å². The third-order valence-electron chi connectivity index (χ3n) is 2.77. The van der Waals surface area contributed by atoms with Gasteiger partial charge in [0.05, 0.1) is 5.01 Å². The lowest BCUT2D eigenvalue weighted by atomic mass is 9.98. The first-order chi connectivity index (χ1) is 7.25. The Kier molecular flexibility index (Phi) is 3.36. The SMILES string of the molecule is Cc1ncc(CC2CCCCNC2=O)s1. The van der Waals surface area contributed by atoms with E-state index in [1.807, 2.05) is 13.1 Å². The largest absolute Gasteiger partial charge is 0.356 e. The molecule has 2 rings (SSSR count). The lowest BCUT2D eigenvalue weighted by Crippen LogP contribution is -2.29. The van der Waals surface area contributed by atoms with E-state index in [-0.39, 0.29) is 11.8 Å². The first-order valence-electron chi connectivity index (χ1n) is 5.45. The fourth-order valence-electron chi connectivity index (χ4n) is 1.94. The van der Waals surface area contributed by atoms with Gasteiger partial charge in [0.15, 0.2) is 0 Å². The highest BCUT2D eigenvalue weighted by Crippen LogP contribution is 2.21. The fraction of sp³-hybridized carbons (Fsp3) is 0.636. The van der Waals surface area contributed by atoms with Gasteiger partial charge >= 0.3 is 0 Å². The van der Waals surface area contributed by atoms with E-state index in [1.54, 1.807) is 11.3 Å². The number of aromatic nitrogens is 1. The van der Waals surface area contributed by atoms with Crippen molar-refractivity contribution in [2.45, 2.75) is 32.6 Å². The molecule has 1 aliphatic heterocycles. The van der Waals surface area contributed by atoms with E-state index in [2.05, 4.69) is 10.3 Å². The van der Waals surface area contributed by atoms with Crippen LogP contribution in [0.25, 0.3) is 0 Å². The summed E-state index contributed by atoms with van der Waals surface area (Å²) in [7, 11) is 0. The Morgan fingerprint density at radius 3 is 3.20 bits per heavy atom. The van der Waals surface area contributed by atoms with E-state index in [0.717, 1.165) is 37.2 Å². The van der Waals surface area contributed by atoms with Crippen molar-refractivity contribution in [2.75, 3.05) is 6.54 Å². The molecular weight excluding hydrogens is 208 g/mol. The summed E-state index contributed by atoms with van der Waals surface area (Å²) < 4.78 is 0. The summed E-state index contributed by atoms with van der Waals surface area (Å²) in [6, 6.07) is 0. The average Bonchev–Trinajstić information content (AvgIpc) is 2.50. The number of hydrogen-bond acceptors (Lipinski definition) is 3. The molecule has 0 aliphatic carbocycles. The number of hydrogen-bond donors (Lipinski definition) is 1. The van der Waals surface area contributed by atoms with Crippen molar-refractivity contribution in [1.82, 2.24) is 10.3 Å². The quantitative estimate of drug-likeness (QED) is 0.833. The minimum absolute atomic E-state index is 0.160. The minimum atomic E-state index is 0.160. The molecule has 1 unspecified atom stereocenters. The molecule has 0 spiro atoms. The monoisotopic (exact) mass is 224 g/mol. The number of carbonyl (C=O) groups is 1. The summed E-state index contributed by atoms with van der Waals surface area (Å²) in [5.41, 5.74) is 0. The van der Waals surface area contributed by atoms with Crippen molar-refractivity contribution in [3.05, 3.63) is 16.1 Å². The van der Waals surface area contributed by atoms with Crippen LogP contribution >= 0.6 is 11.3 Å². The number of carbonyl (C=O) groups excluding carboxylic acids is 1. The van der Waals surface area contributed by atoms with E-state index >= 15 is 0 Å². The van der Waals surface area contributed by atoms with Gasteiger partial charge in [-0.2, -0.15) is 0 Å². The fourth-order valence-corrected chi connectivity index (χ4v) is 2.81. The van der Waals surface area contributed by atoms with Crippen molar-refractivity contribution >= 4 is 17.2 Å². The second-order valence-electron chi connectivity index (χ2n) is 4.03. The smallest absolute Gasteiger partial charge is 0.223 e. The number of nitrogens with zero attached hydrogens (tertiary/aromatic N) is 1. The Balaban J connectivity index is 2.00. The summed E-state index contributed by atoms with van der Waals surface area (Å²) in [5.74, 6) is 0.380. The highest BCUT2D eigenvalue weighted by molar-refractivity contribution is 7.11. The van der Waals surface area contributed by atoms with E-state index < -0.39 is 0 Å². The van der Waals surface area contributed by atoms with Gasteiger partial charge in [-0.15, -0.1) is 11.3 Å². The molecule has 2 heterocycles. The Morgan fingerprint density at radius 1 is 1.60 bits per heavy atom. The zero-order chi connectivity index (χ0) is 10.7. The van der Waals surface area contributed by atoms with Gasteiger partial charge in [0, 0.05) is 23.5 Å². The van der Waals surface area contributed by atoms with Crippen molar-refractivity contribution in [1.29, 1.82) is 0 Å². The Morgan fingerprint density at radius 2 is 2.47 bits per heavy atom. The van der Waals surface area contributed by atoms with Crippen LogP contribution in [-0.2, 0) is 11.2 Å². The molecule has 1 saturated heterocycles. The maximum absolute atomic E-state index is 11.7. The topological polar surface area (TPSA) is 42.0 Å². The normalized spacial score (nSPS) is 22.2. The van der Waals surface area contributed by atoms with Gasteiger partial charge in [0.25, 0.3) is 0 Å². The zero-order valence-electron chi connectivity index (χ0n) is 8.95. The summed E-state index contributed by atoms with van der Waals surface area (Å²) >= 11 is 1.70. The van der Waals surface area contributed by atoms with Gasteiger partial charge in [-0.05, 0) is 26.2 Å². The maximum atomic E-state index is 11.7. The second-order valence-corrected chi connectivity index (χ2v) is 5.35. The molecule has 1 aromatic heterocycles. The van der Waals surface area contributed by atoms with Gasteiger partial charge in [0.2, 0.25) is 5.91 Å². The number of aryl methyl sites for hydroxylation is 1. The van der Waals surface area contributed by atoms with Crippen LogP contribution in [0.4, 0.5) is 0 Å².